The lowest BCUT2D eigenvalue weighted by Gasteiger charge is -2.22. The van der Waals surface area contributed by atoms with Gasteiger partial charge in [-0.05, 0) is 55.0 Å². The zero-order valence-electron chi connectivity index (χ0n) is 18.8. The second-order valence-corrected chi connectivity index (χ2v) is 9.16. The predicted molar refractivity (Wildman–Crippen MR) is 135 cm³/mol. The highest BCUT2D eigenvalue weighted by Gasteiger charge is 2.45. The number of carbonyl (C=O) groups excluding carboxylic acids is 1. The van der Waals surface area contributed by atoms with E-state index in [1.807, 2.05) is 25.1 Å². The van der Waals surface area contributed by atoms with Crippen LogP contribution in [0.3, 0.4) is 0 Å². The lowest BCUT2D eigenvalue weighted by Crippen LogP contribution is -2.29. The zero-order valence-corrected chi connectivity index (χ0v) is 19.7. The molecule has 1 amide bonds. The Balaban J connectivity index is 1.57. The van der Waals surface area contributed by atoms with Crippen LogP contribution in [0.2, 0.25) is 0 Å². The fraction of sp³-hybridized carbons (Fsp3) is 0.115. The number of hydrogen-bond acceptors (Lipinski definition) is 8. The Morgan fingerprint density at radius 3 is 2.64 bits per heavy atom. The van der Waals surface area contributed by atoms with Gasteiger partial charge in [0.05, 0.1) is 38.7 Å². The Morgan fingerprint density at radius 1 is 1.11 bits per heavy atom. The number of nitro groups is 1. The molecule has 5 aromatic rings. The fourth-order valence-electron chi connectivity index (χ4n) is 4.46. The minimum atomic E-state index is -0.860. The number of ether oxygens (including phenoxy) is 1. The molecule has 0 spiro atoms. The minimum Gasteiger partial charge on any atom is -0.494 e. The third-order valence-electron chi connectivity index (χ3n) is 6.06. The molecule has 0 radical (unpaired) electrons. The molecule has 0 aliphatic carbocycles. The maximum Gasteiger partial charge on any atom is 0.297 e. The second kappa shape index (κ2) is 8.28. The molecule has 0 saturated heterocycles. The van der Waals surface area contributed by atoms with Crippen LogP contribution < -0.4 is 15.1 Å². The maximum absolute atomic E-state index is 13.7. The number of nitrogens with zero attached hydrogens (tertiary/aromatic N) is 3. The van der Waals surface area contributed by atoms with Crippen molar-refractivity contribution in [3.05, 3.63) is 104 Å². The van der Waals surface area contributed by atoms with Crippen LogP contribution in [0.25, 0.3) is 21.2 Å². The molecule has 3 aromatic carbocycles. The van der Waals surface area contributed by atoms with Crippen LogP contribution in [0.4, 0.5) is 10.8 Å². The molecular formula is C26H17N3O6S. The summed E-state index contributed by atoms with van der Waals surface area (Å²) in [6, 6.07) is 17.2. The highest BCUT2D eigenvalue weighted by Crippen LogP contribution is 2.44. The summed E-state index contributed by atoms with van der Waals surface area (Å²) < 4.78 is 12.3. The Hall–Kier alpha value is -4.57. The van der Waals surface area contributed by atoms with Gasteiger partial charge < -0.3 is 9.15 Å². The number of hydrogen-bond donors (Lipinski definition) is 0. The molecule has 0 bridgehead atoms. The highest BCUT2D eigenvalue weighted by atomic mass is 32.1. The van der Waals surface area contributed by atoms with Crippen LogP contribution in [0.5, 0.6) is 5.75 Å². The van der Waals surface area contributed by atoms with E-state index < -0.39 is 16.9 Å². The molecule has 6 rings (SSSR count). The number of para-hydroxylation sites is 1. The summed E-state index contributed by atoms with van der Waals surface area (Å²) in [4.78, 5) is 44.1. The summed E-state index contributed by atoms with van der Waals surface area (Å²) in [5.41, 5.74) is 1.28. The number of benzene rings is 3. The standard InChI is InChI=1S/C26H17N3O6S/c1-2-34-16-11-12-18-20(13-16)36-26(27-18)28-22(14-7-9-15(10-8-14)29(32)33)21-23(30)17-5-3-4-6-19(17)35-24(21)25(28)31/h3-13,22H,2H2,1H3/t22-/m0/s1. The van der Waals surface area contributed by atoms with Crippen molar-refractivity contribution in [2.45, 2.75) is 13.0 Å². The predicted octanol–water partition coefficient (Wildman–Crippen LogP) is 5.46. The summed E-state index contributed by atoms with van der Waals surface area (Å²) >= 11 is 1.29. The molecule has 0 unspecified atom stereocenters. The van der Waals surface area contributed by atoms with Gasteiger partial charge in [0.2, 0.25) is 5.76 Å². The maximum atomic E-state index is 13.7. The van der Waals surface area contributed by atoms with Gasteiger partial charge in [0.1, 0.15) is 11.3 Å². The van der Waals surface area contributed by atoms with Gasteiger partial charge in [0.25, 0.3) is 11.6 Å². The number of non-ortho nitro benzene ring substituents is 1. The summed E-state index contributed by atoms with van der Waals surface area (Å²) in [6.45, 7) is 2.41. The van der Waals surface area contributed by atoms with Crippen LogP contribution in [-0.2, 0) is 0 Å². The van der Waals surface area contributed by atoms with Crippen LogP contribution in [0.15, 0.2) is 75.9 Å². The molecule has 9 nitrogen and oxygen atoms in total. The first-order valence-corrected chi connectivity index (χ1v) is 11.9. The molecule has 2 aromatic heterocycles. The second-order valence-electron chi connectivity index (χ2n) is 8.16. The van der Waals surface area contributed by atoms with E-state index in [0.717, 1.165) is 4.70 Å². The molecule has 1 aliphatic heterocycles. The van der Waals surface area contributed by atoms with Crippen molar-refractivity contribution in [2.75, 3.05) is 11.5 Å². The van der Waals surface area contributed by atoms with E-state index in [2.05, 4.69) is 4.98 Å². The Bertz CT molecular complexity index is 1740. The Morgan fingerprint density at radius 2 is 1.89 bits per heavy atom. The molecule has 0 fully saturated rings. The number of carbonyl (C=O) groups is 1. The van der Waals surface area contributed by atoms with Gasteiger partial charge in [-0.15, -0.1) is 0 Å². The van der Waals surface area contributed by atoms with Crippen molar-refractivity contribution in [1.29, 1.82) is 0 Å². The molecule has 3 heterocycles. The number of thiazole rings is 1. The van der Waals surface area contributed by atoms with Gasteiger partial charge >= 0.3 is 0 Å². The van der Waals surface area contributed by atoms with Gasteiger partial charge in [0.15, 0.2) is 10.6 Å². The van der Waals surface area contributed by atoms with E-state index in [9.17, 15) is 19.7 Å². The topological polar surface area (TPSA) is 116 Å². The monoisotopic (exact) mass is 499 g/mol. The molecule has 1 aliphatic rings. The molecule has 1 atom stereocenters. The smallest absolute Gasteiger partial charge is 0.297 e. The normalized spacial score (nSPS) is 15.0. The van der Waals surface area contributed by atoms with Crippen molar-refractivity contribution >= 4 is 49.2 Å². The fourth-order valence-corrected chi connectivity index (χ4v) is 5.48. The lowest BCUT2D eigenvalue weighted by atomic mass is 9.98. The first-order chi connectivity index (χ1) is 17.5. The number of anilines is 1. The van der Waals surface area contributed by atoms with Crippen LogP contribution in [0, 0.1) is 10.1 Å². The van der Waals surface area contributed by atoms with Crippen molar-refractivity contribution in [3.8, 4) is 5.75 Å². The zero-order chi connectivity index (χ0) is 25.0. The average molecular weight is 500 g/mol. The van der Waals surface area contributed by atoms with Crippen molar-refractivity contribution < 1.29 is 18.9 Å². The molecule has 10 heteroatoms. The minimum absolute atomic E-state index is 0.0590. The molecule has 36 heavy (non-hydrogen) atoms. The first-order valence-electron chi connectivity index (χ1n) is 11.1. The van der Waals surface area contributed by atoms with Gasteiger partial charge in [0, 0.05) is 12.1 Å². The van der Waals surface area contributed by atoms with Gasteiger partial charge in [-0.1, -0.05) is 23.5 Å². The number of nitro benzene ring substituents is 1. The quantitative estimate of drug-likeness (QED) is 0.233. The molecule has 178 valence electrons. The Labute approximate surface area is 207 Å². The van der Waals surface area contributed by atoms with E-state index in [0.29, 0.717) is 39.5 Å². The summed E-state index contributed by atoms with van der Waals surface area (Å²) in [6.07, 6.45) is 0. The molecule has 0 saturated carbocycles. The largest absolute Gasteiger partial charge is 0.494 e. The molecule has 0 N–H and O–H groups in total. The lowest BCUT2D eigenvalue weighted by molar-refractivity contribution is -0.384. The summed E-state index contributed by atoms with van der Waals surface area (Å²) in [7, 11) is 0. The number of rotatable bonds is 5. The number of aromatic nitrogens is 1. The van der Waals surface area contributed by atoms with Crippen molar-refractivity contribution in [2.24, 2.45) is 0 Å². The van der Waals surface area contributed by atoms with E-state index in [4.69, 9.17) is 9.15 Å². The molecular weight excluding hydrogens is 482 g/mol. The average Bonchev–Trinajstić information content (AvgIpc) is 3.43. The summed E-state index contributed by atoms with van der Waals surface area (Å²) in [5.74, 6) is 0.128. The van der Waals surface area contributed by atoms with E-state index in [-0.39, 0.29) is 22.4 Å². The SMILES string of the molecule is CCOc1ccc2nc(N3C(=O)c4oc5ccccc5c(=O)c4[C@@H]3c3ccc([N+](=O)[O-])cc3)sc2c1. The van der Waals surface area contributed by atoms with E-state index >= 15 is 0 Å². The van der Waals surface area contributed by atoms with Crippen LogP contribution in [0.1, 0.15) is 34.6 Å². The Kier molecular flexibility index (Phi) is 5.04. The van der Waals surface area contributed by atoms with Gasteiger partial charge in [-0.25, -0.2) is 4.98 Å². The van der Waals surface area contributed by atoms with Crippen molar-refractivity contribution in [1.82, 2.24) is 4.98 Å². The third kappa shape index (κ3) is 3.34. The van der Waals surface area contributed by atoms with Gasteiger partial charge in [-0.2, -0.15) is 0 Å². The van der Waals surface area contributed by atoms with E-state index in [1.54, 1.807) is 36.4 Å². The highest BCUT2D eigenvalue weighted by molar-refractivity contribution is 7.22. The first kappa shape index (κ1) is 21.9. The third-order valence-corrected chi connectivity index (χ3v) is 7.08. The number of fused-ring (bicyclic) bond motifs is 3. The van der Waals surface area contributed by atoms with Crippen molar-refractivity contribution in [3.63, 3.8) is 0 Å². The summed E-state index contributed by atoms with van der Waals surface area (Å²) in [5, 5.41) is 11.9. The van der Waals surface area contributed by atoms with E-state index in [1.165, 1.54) is 28.4 Å². The number of amides is 1. The van der Waals surface area contributed by atoms with Crippen LogP contribution >= 0.6 is 11.3 Å². The van der Waals surface area contributed by atoms with Gasteiger partial charge in [-0.3, -0.25) is 24.6 Å². The van der Waals surface area contributed by atoms with Crippen LogP contribution in [-0.4, -0.2) is 22.4 Å².